The number of rotatable bonds is 3. The SMILES string of the molecule is N#Cc1ccccc1NC(=O)C(=O)NCc1ccc2c(c1)OCO2. The molecule has 0 bridgehead atoms. The molecule has 7 heteroatoms. The number of nitrogens with zero attached hydrogens (tertiary/aromatic N) is 1. The second kappa shape index (κ2) is 6.71. The summed E-state index contributed by atoms with van der Waals surface area (Å²) in [5.41, 5.74) is 1.36. The summed E-state index contributed by atoms with van der Waals surface area (Å²) in [6.45, 7) is 0.342. The van der Waals surface area contributed by atoms with Crippen molar-refractivity contribution in [2.24, 2.45) is 0 Å². The zero-order chi connectivity index (χ0) is 16.9. The Morgan fingerprint density at radius 3 is 2.71 bits per heavy atom. The molecule has 0 aliphatic carbocycles. The van der Waals surface area contributed by atoms with Gasteiger partial charge in [0.2, 0.25) is 6.79 Å². The normalized spacial score (nSPS) is 11.5. The monoisotopic (exact) mass is 323 g/mol. The zero-order valence-corrected chi connectivity index (χ0v) is 12.5. The molecule has 0 radical (unpaired) electrons. The highest BCUT2D eigenvalue weighted by Gasteiger charge is 2.16. The highest BCUT2D eigenvalue weighted by molar-refractivity contribution is 6.39. The van der Waals surface area contributed by atoms with Gasteiger partial charge < -0.3 is 20.1 Å². The van der Waals surface area contributed by atoms with Crippen LogP contribution >= 0.6 is 0 Å². The highest BCUT2D eigenvalue weighted by atomic mass is 16.7. The standard InChI is InChI=1S/C17H13N3O4/c18-8-12-3-1-2-4-13(12)20-17(22)16(21)19-9-11-5-6-14-15(7-11)24-10-23-14/h1-7H,9-10H2,(H,19,21)(H,20,22). The molecule has 7 nitrogen and oxygen atoms in total. The second-order valence-electron chi connectivity index (χ2n) is 4.98. The van der Waals surface area contributed by atoms with E-state index in [1.165, 1.54) is 0 Å². The minimum atomic E-state index is -0.835. The van der Waals surface area contributed by atoms with Crippen molar-refractivity contribution in [1.82, 2.24) is 5.32 Å². The van der Waals surface area contributed by atoms with Crippen LogP contribution in [0.15, 0.2) is 42.5 Å². The van der Waals surface area contributed by atoms with E-state index in [1.54, 1.807) is 42.5 Å². The van der Waals surface area contributed by atoms with Gasteiger partial charge in [-0.15, -0.1) is 0 Å². The van der Waals surface area contributed by atoms with E-state index < -0.39 is 11.8 Å². The fourth-order valence-corrected chi connectivity index (χ4v) is 2.18. The first-order valence-electron chi connectivity index (χ1n) is 7.14. The van der Waals surface area contributed by atoms with Gasteiger partial charge in [0.25, 0.3) is 0 Å². The summed E-state index contributed by atoms with van der Waals surface area (Å²) in [5, 5.41) is 13.9. The number of hydrogen-bond donors (Lipinski definition) is 2. The van der Waals surface area contributed by atoms with Crippen LogP contribution in [0.4, 0.5) is 5.69 Å². The van der Waals surface area contributed by atoms with Crippen molar-refractivity contribution in [3.63, 3.8) is 0 Å². The first-order chi connectivity index (χ1) is 11.7. The third-order valence-corrected chi connectivity index (χ3v) is 3.39. The van der Waals surface area contributed by atoms with Crippen molar-refractivity contribution in [3.8, 4) is 17.6 Å². The lowest BCUT2D eigenvalue weighted by molar-refractivity contribution is -0.136. The van der Waals surface area contributed by atoms with E-state index >= 15 is 0 Å². The molecule has 0 aromatic heterocycles. The number of carbonyl (C=O) groups excluding carboxylic acids is 2. The molecule has 120 valence electrons. The van der Waals surface area contributed by atoms with Gasteiger partial charge in [-0.2, -0.15) is 5.26 Å². The Kier molecular flexibility index (Phi) is 4.29. The smallest absolute Gasteiger partial charge is 0.313 e. The van der Waals surface area contributed by atoms with Gasteiger partial charge in [-0.05, 0) is 29.8 Å². The van der Waals surface area contributed by atoms with Crippen molar-refractivity contribution in [3.05, 3.63) is 53.6 Å². The maximum atomic E-state index is 11.9. The molecule has 1 aliphatic heterocycles. The summed E-state index contributed by atoms with van der Waals surface area (Å²) >= 11 is 0. The number of nitriles is 1. The first kappa shape index (κ1) is 15.4. The Bertz CT molecular complexity index is 842. The molecule has 0 unspecified atom stereocenters. The Balaban J connectivity index is 1.59. The molecule has 0 fully saturated rings. The Labute approximate surface area is 137 Å². The molecule has 24 heavy (non-hydrogen) atoms. The van der Waals surface area contributed by atoms with E-state index in [-0.39, 0.29) is 18.9 Å². The van der Waals surface area contributed by atoms with Gasteiger partial charge >= 0.3 is 11.8 Å². The number of hydrogen-bond acceptors (Lipinski definition) is 5. The van der Waals surface area contributed by atoms with Crippen molar-refractivity contribution < 1.29 is 19.1 Å². The summed E-state index contributed by atoms with van der Waals surface area (Å²) in [7, 11) is 0. The number of para-hydroxylation sites is 1. The van der Waals surface area contributed by atoms with Crippen molar-refractivity contribution in [1.29, 1.82) is 5.26 Å². The lowest BCUT2D eigenvalue weighted by Gasteiger charge is -2.08. The molecule has 0 saturated carbocycles. The van der Waals surface area contributed by atoms with Gasteiger partial charge in [-0.25, -0.2) is 0 Å². The van der Waals surface area contributed by atoms with E-state index in [2.05, 4.69) is 10.6 Å². The molecule has 2 amide bonds. The fraction of sp³-hybridized carbons (Fsp3) is 0.118. The number of benzene rings is 2. The average molecular weight is 323 g/mol. The lowest BCUT2D eigenvalue weighted by Crippen LogP contribution is -2.35. The van der Waals surface area contributed by atoms with E-state index in [9.17, 15) is 9.59 Å². The van der Waals surface area contributed by atoms with Crippen LogP contribution in [-0.2, 0) is 16.1 Å². The largest absolute Gasteiger partial charge is 0.454 e. The van der Waals surface area contributed by atoms with Crippen LogP contribution < -0.4 is 20.1 Å². The second-order valence-corrected chi connectivity index (χ2v) is 4.98. The number of amides is 2. The molecule has 2 aromatic carbocycles. The summed E-state index contributed by atoms with van der Waals surface area (Å²) in [6.07, 6.45) is 0. The fourth-order valence-electron chi connectivity index (χ4n) is 2.18. The Hall–Kier alpha value is -3.53. The Morgan fingerprint density at radius 2 is 1.88 bits per heavy atom. The van der Waals surface area contributed by atoms with Crippen LogP contribution in [0.25, 0.3) is 0 Å². The van der Waals surface area contributed by atoms with Crippen LogP contribution in [0, 0.1) is 11.3 Å². The van der Waals surface area contributed by atoms with Crippen molar-refractivity contribution in [2.45, 2.75) is 6.54 Å². The molecule has 1 heterocycles. The molecule has 0 atom stereocenters. The first-order valence-corrected chi connectivity index (χ1v) is 7.14. The maximum absolute atomic E-state index is 11.9. The third kappa shape index (κ3) is 3.28. The van der Waals surface area contributed by atoms with Gasteiger partial charge in [-0.3, -0.25) is 9.59 Å². The summed E-state index contributed by atoms with van der Waals surface area (Å²) in [5.74, 6) is -0.371. The average Bonchev–Trinajstić information content (AvgIpc) is 3.07. The lowest BCUT2D eigenvalue weighted by atomic mass is 10.2. The number of fused-ring (bicyclic) bond motifs is 1. The number of nitrogens with one attached hydrogen (secondary N) is 2. The molecule has 3 rings (SSSR count). The minimum Gasteiger partial charge on any atom is -0.454 e. The predicted molar refractivity (Wildman–Crippen MR) is 84.2 cm³/mol. The summed E-state index contributed by atoms with van der Waals surface area (Å²) in [4.78, 5) is 23.8. The van der Waals surface area contributed by atoms with Gasteiger partial charge in [0.05, 0.1) is 11.3 Å². The van der Waals surface area contributed by atoms with Crippen LogP contribution in [0.2, 0.25) is 0 Å². The maximum Gasteiger partial charge on any atom is 0.313 e. The van der Waals surface area contributed by atoms with Crippen LogP contribution in [0.1, 0.15) is 11.1 Å². The minimum absolute atomic E-state index is 0.169. The predicted octanol–water partition coefficient (Wildman–Crippen LogP) is 1.54. The summed E-state index contributed by atoms with van der Waals surface area (Å²) < 4.78 is 10.5. The molecule has 0 spiro atoms. The van der Waals surface area contributed by atoms with Gasteiger partial charge in [0, 0.05) is 6.54 Å². The number of ether oxygens (including phenoxy) is 2. The summed E-state index contributed by atoms with van der Waals surface area (Å²) in [6, 6.07) is 13.7. The molecule has 2 N–H and O–H groups in total. The van der Waals surface area contributed by atoms with Crippen molar-refractivity contribution in [2.75, 3.05) is 12.1 Å². The van der Waals surface area contributed by atoms with E-state index in [4.69, 9.17) is 14.7 Å². The van der Waals surface area contributed by atoms with E-state index in [1.807, 2.05) is 6.07 Å². The van der Waals surface area contributed by atoms with Gasteiger partial charge in [0.1, 0.15) is 6.07 Å². The highest BCUT2D eigenvalue weighted by Crippen LogP contribution is 2.32. The van der Waals surface area contributed by atoms with Crippen LogP contribution in [0.3, 0.4) is 0 Å². The topological polar surface area (TPSA) is 100 Å². The van der Waals surface area contributed by atoms with Gasteiger partial charge in [0.15, 0.2) is 11.5 Å². The molecular formula is C17H13N3O4. The molecule has 2 aromatic rings. The molecule has 0 saturated heterocycles. The van der Waals surface area contributed by atoms with Crippen molar-refractivity contribution >= 4 is 17.5 Å². The number of anilines is 1. The van der Waals surface area contributed by atoms with E-state index in [0.29, 0.717) is 17.2 Å². The van der Waals surface area contributed by atoms with Crippen LogP contribution in [0.5, 0.6) is 11.5 Å². The van der Waals surface area contributed by atoms with Gasteiger partial charge in [-0.1, -0.05) is 18.2 Å². The van der Waals surface area contributed by atoms with Crippen LogP contribution in [-0.4, -0.2) is 18.6 Å². The third-order valence-electron chi connectivity index (χ3n) is 3.39. The quantitative estimate of drug-likeness (QED) is 0.835. The Morgan fingerprint density at radius 1 is 1.08 bits per heavy atom. The molecule has 1 aliphatic rings. The van der Waals surface area contributed by atoms with E-state index in [0.717, 1.165) is 5.56 Å². The number of carbonyl (C=O) groups is 2. The molecular weight excluding hydrogens is 310 g/mol. The zero-order valence-electron chi connectivity index (χ0n) is 12.5.